The molecule has 90 valence electrons. The smallest absolute Gasteiger partial charge is 0.227 e. The summed E-state index contributed by atoms with van der Waals surface area (Å²) in [6, 6.07) is 3.95. The second-order valence-corrected chi connectivity index (χ2v) is 4.68. The second-order valence-electron chi connectivity index (χ2n) is 4.68. The summed E-state index contributed by atoms with van der Waals surface area (Å²) >= 11 is 0. The average Bonchev–Trinajstić information content (AvgIpc) is 3.08. The monoisotopic (exact) mass is 232 g/mol. The van der Waals surface area contributed by atoms with Crippen LogP contribution in [0.15, 0.2) is 24.5 Å². The fourth-order valence-electron chi connectivity index (χ4n) is 1.95. The lowest BCUT2D eigenvalue weighted by molar-refractivity contribution is -0.127. The van der Waals surface area contributed by atoms with E-state index < -0.39 is 0 Å². The molecule has 1 aliphatic carbocycles. The zero-order valence-electron chi connectivity index (χ0n) is 9.90. The summed E-state index contributed by atoms with van der Waals surface area (Å²) in [4.78, 5) is 26.3. The number of rotatable bonds is 5. The van der Waals surface area contributed by atoms with Gasteiger partial charge in [-0.15, -0.1) is 0 Å². The van der Waals surface area contributed by atoms with Crippen molar-refractivity contribution in [2.24, 2.45) is 0 Å². The number of hydrogen-bond donors (Lipinski definition) is 1. The maximum Gasteiger partial charge on any atom is 0.227 e. The maximum atomic E-state index is 11.4. The number of nitrogens with one attached hydrogen (secondary N) is 1. The maximum absolute atomic E-state index is 11.4. The van der Waals surface area contributed by atoms with Crippen molar-refractivity contribution in [3.8, 4) is 0 Å². The molecule has 2 rings (SSSR count). The molecule has 4 heteroatoms. The SMILES string of the molecule is CC(=O)CC(=O)NCC1(c2cccnc2)CC1. The van der Waals surface area contributed by atoms with E-state index in [0.29, 0.717) is 6.54 Å². The van der Waals surface area contributed by atoms with Crippen LogP contribution in [0, 0.1) is 0 Å². The van der Waals surface area contributed by atoms with E-state index in [4.69, 9.17) is 0 Å². The zero-order valence-corrected chi connectivity index (χ0v) is 9.90. The molecule has 1 heterocycles. The summed E-state index contributed by atoms with van der Waals surface area (Å²) < 4.78 is 0. The Bertz CT molecular complexity index is 424. The largest absolute Gasteiger partial charge is 0.355 e. The van der Waals surface area contributed by atoms with E-state index in [0.717, 1.165) is 12.8 Å². The minimum Gasteiger partial charge on any atom is -0.355 e. The van der Waals surface area contributed by atoms with Crippen molar-refractivity contribution in [2.75, 3.05) is 6.54 Å². The van der Waals surface area contributed by atoms with Crippen molar-refractivity contribution in [1.29, 1.82) is 0 Å². The van der Waals surface area contributed by atoms with Gasteiger partial charge in [-0.3, -0.25) is 14.6 Å². The number of aromatic nitrogens is 1. The summed E-state index contributed by atoms with van der Waals surface area (Å²) in [7, 11) is 0. The number of ketones is 1. The zero-order chi connectivity index (χ0) is 12.3. The van der Waals surface area contributed by atoms with Crippen molar-refractivity contribution in [3.63, 3.8) is 0 Å². The molecule has 17 heavy (non-hydrogen) atoms. The Labute approximate surface area is 100 Å². The minimum atomic E-state index is -0.187. The molecule has 0 unspecified atom stereocenters. The van der Waals surface area contributed by atoms with Gasteiger partial charge in [0, 0.05) is 24.4 Å². The molecule has 1 aliphatic rings. The molecule has 0 saturated heterocycles. The lowest BCUT2D eigenvalue weighted by Crippen LogP contribution is -2.33. The number of Topliss-reactive ketones (excluding diaryl/α,β-unsaturated/α-hetero) is 1. The first-order valence-corrected chi connectivity index (χ1v) is 5.79. The molecule has 1 saturated carbocycles. The van der Waals surface area contributed by atoms with Crippen molar-refractivity contribution < 1.29 is 9.59 Å². The standard InChI is InChI=1S/C13H16N2O2/c1-10(16)7-12(17)15-9-13(4-5-13)11-3-2-6-14-8-11/h2-3,6,8H,4-5,7,9H2,1H3,(H,15,17). The van der Waals surface area contributed by atoms with Gasteiger partial charge in [-0.1, -0.05) is 6.07 Å². The summed E-state index contributed by atoms with van der Waals surface area (Å²) in [5, 5.41) is 2.83. The molecule has 4 nitrogen and oxygen atoms in total. The lowest BCUT2D eigenvalue weighted by atomic mass is 9.98. The van der Waals surface area contributed by atoms with Gasteiger partial charge in [0.05, 0.1) is 6.42 Å². The van der Waals surface area contributed by atoms with Crippen LogP contribution in [0.25, 0.3) is 0 Å². The van der Waals surface area contributed by atoms with Gasteiger partial charge >= 0.3 is 0 Å². The molecule has 1 aromatic heterocycles. The number of pyridine rings is 1. The lowest BCUT2D eigenvalue weighted by Gasteiger charge is -2.15. The Hall–Kier alpha value is -1.71. The predicted octanol–water partition coefficient (Wildman–Crippen LogP) is 1.21. The number of carbonyl (C=O) groups is 2. The first-order valence-electron chi connectivity index (χ1n) is 5.79. The van der Waals surface area contributed by atoms with Gasteiger partial charge in [0.25, 0.3) is 0 Å². The first kappa shape index (κ1) is 11.8. The number of carbonyl (C=O) groups excluding carboxylic acids is 2. The van der Waals surface area contributed by atoms with Crippen LogP contribution in [0.3, 0.4) is 0 Å². The molecule has 1 aromatic rings. The van der Waals surface area contributed by atoms with E-state index in [1.54, 1.807) is 6.20 Å². The van der Waals surface area contributed by atoms with Gasteiger partial charge in [-0.05, 0) is 31.4 Å². The molecule has 1 N–H and O–H groups in total. The number of hydrogen-bond acceptors (Lipinski definition) is 3. The van der Waals surface area contributed by atoms with Crippen molar-refractivity contribution in [3.05, 3.63) is 30.1 Å². The average molecular weight is 232 g/mol. The molecule has 0 radical (unpaired) electrons. The first-order chi connectivity index (χ1) is 8.12. The Morgan fingerprint density at radius 2 is 2.24 bits per heavy atom. The van der Waals surface area contributed by atoms with Crippen LogP contribution >= 0.6 is 0 Å². The molecular formula is C13H16N2O2. The summed E-state index contributed by atoms with van der Waals surface area (Å²) in [5.41, 5.74) is 1.23. The van der Waals surface area contributed by atoms with Gasteiger partial charge in [-0.2, -0.15) is 0 Å². The third-order valence-electron chi connectivity index (χ3n) is 3.16. The third-order valence-corrected chi connectivity index (χ3v) is 3.16. The molecule has 0 aliphatic heterocycles. The van der Waals surface area contributed by atoms with Crippen molar-refractivity contribution in [1.82, 2.24) is 10.3 Å². The van der Waals surface area contributed by atoms with Crippen LogP contribution < -0.4 is 5.32 Å². The topological polar surface area (TPSA) is 59.1 Å². The predicted molar refractivity (Wildman–Crippen MR) is 63.5 cm³/mol. The Morgan fingerprint density at radius 3 is 2.76 bits per heavy atom. The van der Waals surface area contributed by atoms with Crippen molar-refractivity contribution >= 4 is 11.7 Å². The fraction of sp³-hybridized carbons (Fsp3) is 0.462. The van der Waals surface area contributed by atoms with Gasteiger partial charge in [0.1, 0.15) is 5.78 Å². The Balaban J connectivity index is 1.91. The van der Waals surface area contributed by atoms with E-state index in [2.05, 4.69) is 10.3 Å². The van der Waals surface area contributed by atoms with Crippen LogP contribution in [0.5, 0.6) is 0 Å². The summed E-state index contributed by atoms with van der Waals surface area (Å²) in [6.45, 7) is 2.03. The van der Waals surface area contributed by atoms with Crippen LogP contribution in [-0.2, 0) is 15.0 Å². The van der Waals surface area contributed by atoms with E-state index in [1.165, 1.54) is 12.5 Å². The van der Waals surface area contributed by atoms with E-state index >= 15 is 0 Å². The van der Waals surface area contributed by atoms with E-state index in [-0.39, 0.29) is 23.5 Å². The molecule has 1 fully saturated rings. The molecule has 0 aromatic carbocycles. The Morgan fingerprint density at radius 1 is 1.47 bits per heavy atom. The third kappa shape index (κ3) is 2.90. The number of nitrogens with zero attached hydrogens (tertiary/aromatic N) is 1. The fourth-order valence-corrected chi connectivity index (χ4v) is 1.95. The molecule has 1 amide bonds. The molecule has 0 atom stereocenters. The second kappa shape index (κ2) is 4.65. The number of amides is 1. The van der Waals surface area contributed by atoms with E-state index in [9.17, 15) is 9.59 Å². The van der Waals surface area contributed by atoms with Crippen LogP contribution in [-0.4, -0.2) is 23.2 Å². The molecule has 0 bridgehead atoms. The summed E-state index contributed by atoms with van der Waals surface area (Å²) in [5.74, 6) is -0.290. The van der Waals surface area contributed by atoms with Crippen LogP contribution in [0.4, 0.5) is 0 Å². The highest BCUT2D eigenvalue weighted by Crippen LogP contribution is 2.47. The van der Waals surface area contributed by atoms with Gasteiger partial charge in [-0.25, -0.2) is 0 Å². The Kier molecular flexibility index (Phi) is 3.22. The summed E-state index contributed by atoms with van der Waals surface area (Å²) in [6.07, 6.45) is 5.71. The van der Waals surface area contributed by atoms with Crippen molar-refractivity contribution in [2.45, 2.75) is 31.6 Å². The van der Waals surface area contributed by atoms with E-state index in [1.807, 2.05) is 18.3 Å². The normalized spacial score (nSPS) is 16.3. The van der Waals surface area contributed by atoms with Crippen LogP contribution in [0.1, 0.15) is 31.7 Å². The van der Waals surface area contributed by atoms with Gasteiger partial charge in [0.15, 0.2) is 0 Å². The molecule has 0 spiro atoms. The van der Waals surface area contributed by atoms with Gasteiger partial charge < -0.3 is 5.32 Å². The quantitative estimate of drug-likeness (QED) is 0.776. The highest BCUT2D eigenvalue weighted by atomic mass is 16.2. The van der Waals surface area contributed by atoms with Crippen LogP contribution in [0.2, 0.25) is 0 Å². The highest BCUT2D eigenvalue weighted by molar-refractivity contribution is 5.96. The highest BCUT2D eigenvalue weighted by Gasteiger charge is 2.44. The van der Waals surface area contributed by atoms with Gasteiger partial charge in [0.2, 0.25) is 5.91 Å². The minimum absolute atomic E-state index is 0.0247. The molecular weight excluding hydrogens is 216 g/mol.